The van der Waals surface area contributed by atoms with Crippen LogP contribution in [0.15, 0.2) is 0 Å². The third-order valence-electron chi connectivity index (χ3n) is 3.22. The van der Waals surface area contributed by atoms with Gasteiger partial charge >= 0.3 is 0 Å². The molecule has 2 heterocycles. The number of aromatic nitrogens is 6. The van der Waals surface area contributed by atoms with Crippen molar-refractivity contribution < 1.29 is 0 Å². The van der Waals surface area contributed by atoms with Crippen molar-refractivity contribution in [1.29, 1.82) is 0 Å². The maximum atomic E-state index is 4.25. The van der Waals surface area contributed by atoms with Gasteiger partial charge in [-0.05, 0) is 24.0 Å². The van der Waals surface area contributed by atoms with Gasteiger partial charge < -0.3 is 0 Å². The first-order valence-electron chi connectivity index (χ1n) is 4.74. The Morgan fingerprint density at radius 3 is 3.14 bits per heavy atom. The molecule has 14 heavy (non-hydrogen) atoms. The van der Waals surface area contributed by atoms with E-state index in [9.17, 15) is 0 Å². The lowest BCUT2D eigenvalue weighted by atomic mass is 10.1. The van der Waals surface area contributed by atoms with Crippen LogP contribution in [0.25, 0.3) is 11.5 Å². The monoisotopic (exact) mass is 188 g/mol. The number of H-pyrrole nitrogens is 2. The lowest BCUT2D eigenvalue weighted by Crippen LogP contribution is -1.89. The van der Waals surface area contributed by atoms with Gasteiger partial charge in [0.2, 0.25) is 5.82 Å². The number of nitrogens with zero attached hydrogens (tertiary/aromatic N) is 4. The van der Waals surface area contributed by atoms with Crippen LogP contribution in [-0.2, 0) is 6.42 Å². The van der Waals surface area contributed by atoms with Crippen LogP contribution >= 0.6 is 0 Å². The molecule has 0 aliphatic heterocycles. The fraction of sp³-hybridized carbons (Fsp3) is 0.500. The van der Waals surface area contributed by atoms with Crippen LogP contribution in [0.5, 0.6) is 0 Å². The summed E-state index contributed by atoms with van der Waals surface area (Å²) in [5, 5.41) is 21.2. The van der Waals surface area contributed by atoms with E-state index in [0.29, 0.717) is 5.82 Å². The van der Waals surface area contributed by atoms with E-state index in [4.69, 9.17) is 0 Å². The minimum Gasteiger partial charge on any atom is -0.281 e. The lowest BCUT2D eigenvalue weighted by Gasteiger charge is -1.93. The van der Waals surface area contributed by atoms with Crippen molar-refractivity contribution in [1.82, 2.24) is 30.8 Å². The molecule has 2 atom stereocenters. The van der Waals surface area contributed by atoms with Gasteiger partial charge in [-0.2, -0.15) is 10.3 Å². The van der Waals surface area contributed by atoms with Crippen molar-refractivity contribution in [2.24, 2.45) is 5.92 Å². The van der Waals surface area contributed by atoms with Gasteiger partial charge in [0.15, 0.2) is 0 Å². The number of nitrogens with one attached hydrogen (secondary N) is 2. The average molecular weight is 188 g/mol. The number of tetrazole rings is 1. The zero-order valence-corrected chi connectivity index (χ0v) is 7.36. The molecule has 2 N–H and O–H groups in total. The van der Waals surface area contributed by atoms with Gasteiger partial charge in [0, 0.05) is 17.2 Å². The summed E-state index contributed by atoms with van der Waals surface area (Å²) in [6, 6.07) is 0. The first kappa shape index (κ1) is 6.69. The van der Waals surface area contributed by atoms with Crippen LogP contribution in [0.1, 0.15) is 23.6 Å². The molecule has 2 aromatic heterocycles. The molecule has 70 valence electrons. The van der Waals surface area contributed by atoms with E-state index in [2.05, 4.69) is 30.8 Å². The normalized spacial score (nSPS) is 27.4. The number of hydrogen-bond acceptors (Lipinski definition) is 4. The van der Waals surface area contributed by atoms with E-state index in [1.54, 1.807) is 0 Å². The van der Waals surface area contributed by atoms with E-state index >= 15 is 0 Å². The molecule has 2 aliphatic rings. The molecule has 6 nitrogen and oxygen atoms in total. The quantitative estimate of drug-likeness (QED) is 0.671. The molecular formula is C8H8N6. The first-order valence-corrected chi connectivity index (χ1v) is 4.74. The smallest absolute Gasteiger partial charge is 0.225 e. The molecule has 0 aromatic carbocycles. The van der Waals surface area contributed by atoms with Crippen LogP contribution in [0.4, 0.5) is 0 Å². The lowest BCUT2D eigenvalue weighted by molar-refractivity contribution is 0.841. The highest BCUT2D eigenvalue weighted by Gasteiger charge is 2.48. The Hall–Kier alpha value is -1.72. The Morgan fingerprint density at radius 2 is 2.29 bits per heavy atom. The summed E-state index contributed by atoms with van der Waals surface area (Å²) in [6.45, 7) is 0. The van der Waals surface area contributed by atoms with Crippen molar-refractivity contribution in [3.63, 3.8) is 0 Å². The molecule has 1 saturated carbocycles. The molecule has 1 fully saturated rings. The largest absolute Gasteiger partial charge is 0.281 e. The minimum atomic E-state index is 0.601. The van der Waals surface area contributed by atoms with Gasteiger partial charge in [-0.25, -0.2) is 0 Å². The van der Waals surface area contributed by atoms with Gasteiger partial charge in [-0.15, -0.1) is 10.2 Å². The van der Waals surface area contributed by atoms with Crippen LogP contribution in [0.3, 0.4) is 0 Å². The summed E-state index contributed by atoms with van der Waals surface area (Å²) < 4.78 is 0. The topological polar surface area (TPSA) is 83.1 Å². The van der Waals surface area contributed by atoms with E-state index in [-0.39, 0.29) is 0 Å². The van der Waals surface area contributed by atoms with Gasteiger partial charge in [0.25, 0.3) is 0 Å². The molecule has 0 amide bonds. The zero-order valence-electron chi connectivity index (χ0n) is 7.36. The molecular weight excluding hydrogens is 180 g/mol. The third-order valence-corrected chi connectivity index (χ3v) is 3.22. The first-order chi connectivity index (χ1) is 6.93. The highest BCUT2D eigenvalue weighted by Crippen LogP contribution is 2.56. The Morgan fingerprint density at radius 1 is 1.29 bits per heavy atom. The summed E-state index contributed by atoms with van der Waals surface area (Å²) >= 11 is 0. The molecule has 0 radical (unpaired) electrons. The summed E-state index contributed by atoms with van der Waals surface area (Å²) in [6.07, 6.45) is 2.45. The van der Waals surface area contributed by atoms with Crippen LogP contribution in [0, 0.1) is 5.92 Å². The number of fused-ring (bicyclic) bond motifs is 3. The molecule has 0 saturated heterocycles. The van der Waals surface area contributed by atoms with E-state index in [1.165, 1.54) is 17.7 Å². The van der Waals surface area contributed by atoms with Crippen LogP contribution in [0.2, 0.25) is 0 Å². The fourth-order valence-corrected chi connectivity index (χ4v) is 2.43. The predicted octanol–water partition coefficient (Wildman–Crippen LogP) is 0.249. The zero-order chi connectivity index (χ0) is 9.12. The molecule has 0 bridgehead atoms. The number of hydrogen-bond donors (Lipinski definition) is 2. The molecule has 2 aromatic rings. The Balaban J connectivity index is 1.91. The van der Waals surface area contributed by atoms with E-state index in [0.717, 1.165) is 24.0 Å². The maximum Gasteiger partial charge on any atom is 0.225 e. The van der Waals surface area contributed by atoms with E-state index in [1.807, 2.05) is 0 Å². The Bertz CT molecular complexity index is 484. The summed E-state index contributed by atoms with van der Waals surface area (Å²) in [5.74, 6) is 2.19. The maximum absolute atomic E-state index is 4.25. The summed E-state index contributed by atoms with van der Waals surface area (Å²) in [5.41, 5.74) is 3.48. The highest BCUT2D eigenvalue weighted by molar-refractivity contribution is 5.59. The molecule has 0 spiro atoms. The second kappa shape index (κ2) is 2.02. The second-order valence-electron chi connectivity index (χ2n) is 4.01. The molecule has 6 heteroatoms. The van der Waals surface area contributed by atoms with Crippen molar-refractivity contribution in [2.75, 3.05) is 0 Å². The van der Waals surface area contributed by atoms with Crippen molar-refractivity contribution >= 4 is 0 Å². The van der Waals surface area contributed by atoms with E-state index < -0.39 is 0 Å². The Labute approximate surface area is 79.1 Å². The highest BCUT2D eigenvalue weighted by atomic mass is 15.5. The summed E-state index contributed by atoms with van der Waals surface area (Å²) in [7, 11) is 0. The standard InChI is InChI=1S/C8H8N6/c1-3-2-5-6(4(1)3)9-10-7(5)8-11-13-14-12-8/h3-4H,1-2H2,(H,9,10)(H,11,12,13,14)/t3-,4?/m1/s1. The van der Waals surface area contributed by atoms with Crippen LogP contribution < -0.4 is 0 Å². The Kier molecular flexibility index (Phi) is 0.967. The average Bonchev–Trinajstić information content (AvgIpc) is 2.63. The van der Waals surface area contributed by atoms with Gasteiger partial charge in [-0.1, -0.05) is 0 Å². The van der Waals surface area contributed by atoms with Crippen LogP contribution in [-0.4, -0.2) is 30.8 Å². The fourth-order valence-electron chi connectivity index (χ4n) is 2.43. The minimum absolute atomic E-state index is 0.601. The van der Waals surface area contributed by atoms with Gasteiger partial charge in [-0.3, -0.25) is 5.10 Å². The molecule has 1 unspecified atom stereocenters. The van der Waals surface area contributed by atoms with Gasteiger partial charge in [0.1, 0.15) is 5.69 Å². The molecule has 4 rings (SSSR count). The molecule has 2 aliphatic carbocycles. The number of rotatable bonds is 1. The summed E-state index contributed by atoms with van der Waals surface area (Å²) in [4.78, 5) is 0. The SMILES string of the molecule is C1c2c(-c3nn[nH]n3)n[nH]c2C2C[C@H]12. The van der Waals surface area contributed by atoms with Crippen molar-refractivity contribution in [3.05, 3.63) is 11.3 Å². The predicted molar refractivity (Wildman–Crippen MR) is 46.3 cm³/mol. The van der Waals surface area contributed by atoms with Crippen molar-refractivity contribution in [3.8, 4) is 11.5 Å². The third kappa shape index (κ3) is 0.673. The number of aromatic amines is 2. The second-order valence-corrected chi connectivity index (χ2v) is 4.01. The van der Waals surface area contributed by atoms with Gasteiger partial charge in [0.05, 0.1) is 0 Å². The van der Waals surface area contributed by atoms with Crippen molar-refractivity contribution in [2.45, 2.75) is 18.8 Å².